The smallest absolute Gasteiger partial charge is 0.206 e. The van der Waals surface area contributed by atoms with Crippen LogP contribution in [0.2, 0.25) is 0 Å². The van der Waals surface area contributed by atoms with Gasteiger partial charge in [-0.05, 0) is 35.7 Å². The van der Waals surface area contributed by atoms with E-state index in [1.807, 2.05) is 18.2 Å². The van der Waals surface area contributed by atoms with Gasteiger partial charge in [-0.25, -0.2) is 13.8 Å². The molecule has 3 rings (SSSR count). The highest BCUT2D eigenvalue weighted by Gasteiger charge is 2.17. The van der Waals surface area contributed by atoms with Crippen molar-refractivity contribution >= 4 is 17.0 Å². The maximum atomic E-state index is 14.1. The number of nitrogens with zero attached hydrogens (tertiary/aromatic N) is 2. The predicted molar refractivity (Wildman–Crippen MR) is 79.5 cm³/mol. The minimum absolute atomic E-state index is 0.0633. The van der Waals surface area contributed by atoms with Crippen LogP contribution in [0.15, 0.2) is 36.4 Å². The fourth-order valence-electron chi connectivity index (χ4n) is 2.41. The number of halogens is 2. The molecule has 0 saturated carbocycles. The van der Waals surface area contributed by atoms with Crippen LogP contribution in [0.5, 0.6) is 0 Å². The summed E-state index contributed by atoms with van der Waals surface area (Å²) >= 11 is 0. The molecule has 1 aromatic heterocycles. The first-order valence-corrected chi connectivity index (χ1v) is 6.71. The number of benzene rings is 2. The molecule has 2 N–H and O–H groups in total. The quantitative estimate of drug-likeness (QED) is 0.774. The lowest BCUT2D eigenvalue weighted by molar-refractivity contribution is 0.514. The first-order chi connectivity index (χ1) is 9.99. The Morgan fingerprint density at radius 2 is 1.90 bits per heavy atom. The van der Waals surface area contributed by atoms with Gasteiger partial charge >= 0.3 is 0 Å². The van der Waals surface area contributed by atoms with E-state index in [-0.39, 0.29) is 11.5 Å². The Balaban J connectivity index is 2.32. The van der Waals surface area contributed by atoms with Crippen LogP contribution in [0, 0.1) is 11.6 Å². The van der Waals surface area contributed by atoms with Crippen molar-refractivity contribution in [3.63, 3.8) is 0 Å². The van der Waals surface area contributed by atoms with Crippen LogP contribution in [0.3, 0.4) is 0 Å². The van der Waals surface area contributed by atoms with Gasteiger partial charge in [0.1, 0.15) is 5.52 Å². The summed E-state index contributed by atoms with van der Waals surface area (Å²) < 4.78 is 29.1. The van der Waals surface area contributed by atoms with Gasteiger partial charge in [-0.2, -0.15) is 0 Å². The first kappa shape index (κ1) is 13.5. The van der Waals surface area contributed by atoms with Gasteiger partial charge in [0.25, 0.3) is 0 Å². The zero-order valence-electron chi connectivity index (χ0n) is 11.8. The molecule has 0 radical (unpaired) electrons. The predicted octanol–water partition coefficient (Wildman–Crippen LogP) is 4.01. The molecule has 3 aromatic rings. The molecule has 3 nitrogen and oxygen atoms in total. The van der Waals surface area contributed by atoms with E-state index in [1.165, 1.54) is 10.6 Å². The molecular formula is C16H15F2N3. The standard InChI is InChI=1S/C16H15F2N3/c1-9(2)10-4-3-5-11(8-10)21-15-13(20-16(21)19)7-6-12(17)14(15)18/h3-9H,1-2H3,(H2,19,20). The van der Waals surface area contributed by atoms with E-state index >= 15 is 0 Å². The molecule has 0 fully saturated rings. The third kappa shape index (κ3) is 2.14. The minimum Gasteiger partial charge on any atom is -0.369 e. The van der Waals surface area contributed by atoms with Crippen molar-refractivity contribution in [3.05, 3.63) is 53.6 Å². The lowest BCUT2D eigenvalue weighted by Gasteiger charge is -2.11. The Labute approximate surface area is 121 Å². The van der Waals surface area contributed by atoms with E-state index in [4.69, 9.17) is 5.73 Å². The van der Waals surface area contributed by atoms with Gasteiger partial charge in [-0.1, -0.05) is 26.0 Å². The van der Waals surface area contributed by atoms with Crippen molar-refractivity contribution in [1.82, 2.24) is 9.55 Å². The number of nitrogen functional groups attached to an aromatic ring is 1. The fraction of sp³-hybridized carbons (Fsp3) is 0.188. The van der Waals surface area contributed by atoms with Gasteiger partial charge in [0, 0.05) is 5.69 Å². The number of aromatic nitrogens is 2. The van der Waals surface area contributed by atoms with Crippen molar-refractivity contribution in [3.8, 4) is 5.69 Å². The molecule has 21 heavy (non-hydrogen) atoms. The summed E-state index contributed by atoms with van der Waals surface area (Å²) in [6.07, 6.45) is 0. The number of fused-ring (bicyclic) bond motifs is 1. The summed E-state index contributed by atoms with van der Waals surface area (Å²) in [5.74, 6) is -1.40. The van der Waals surface area contributed by atoms with Gasteiger partial charge in [-0.15, -0.1) is 0 Å². The van der Waals surface area contributed by atoms with E-state index in [1.54, 1.807) is 6.07 Å². The van der Waals surface area contributed by atoms with E-state index in [9.17, 15) is 8.78 Å². The highest BCUT2D eigenvalue weighted by Crippen LogP contribution is 2.28. The summed E-state index contributed by atoms with van der Waals surface area (Å²) in [6.45, 7) is 4.13. The maximum absolute atomic E-state index is 14.1. The number of nitrogens with two attached hydrogens (primary N) is 1. The Kier molecular flexibility index (Phi) is 3.12. The van der Waals surface area contributed by atoms with Gasteiger partial charge in [0.05, 0.1) is 5.52 Å². The highest BCUT2D eigenvalue weighted by atomic mass is 19.2. The van der Waals surface area contributed by atoms with Gasteiger partial charge in [-0.3, -0.25) is 4.57 Å². The van der Waals surface area contributed by atoms with Crippen LogP contribution >= 0.6 is 0 Å². The lowest BCUT2D eigenvalue weighted by Crippen LogP contribution is -2.03. The molecule has 5 heteroatoms. The molecule has 0 unspecified atom stereocenters. The molecular weight excluding hydrogens is 272 g/mol. The molecule has 2 aromatic carbocycles. The molecule has 0 aliphatic heterocycles. The molecule has 1 heterocycles. The zero-order valence-corrected chi connectivity index (χ0v) is 11.8. The summed E-state index contributed by atoms with van der Waals surface area (Å²) in [6, 6.07) is 10.0. The average molecular weight is 287 g/mol. The van der Waals surface area contributed by atoms with Crippen molar-refractivity contribution in [1.29, 1.82) is 0 Å². The van der Waals surface area contributed by atoms with Crippen LogP contribution < -0.4 is 5.73 Å². The molecule has 0 bridgehead atoms. The minimum atomic E-state index is -0.938. The topological polar surface area (TPSA) is 43.8 Å². The van der Waals surface area contributed by atoms with Gasteiger partial charge < -0.3 is 5.73 Å². The molecule has 0 amide bonds. The molecule has 0 spiro atoms. The number of hydrogen-bond acceptors (Lipinski definition) is 2. The molecule has 108 valence electrons. The van der Waals surface area contributed by atoms with E-state index in [0.29, 0.717) is 17.1 Å². The Bertz CT molecular complexity index is 822. The van der Waals surface area contributed by atoms with Crippen molar-refractivity contribution < 1.29 is 8.78 Å². The van der Waals surface area contributed by atoms with E-state index in [2.05, 4.69) is 18.8 Å². The third-order valence-electron chi connectivity index (χ3n) is 3.53. The molecule has 0 aliphatic rings. The second-order valence-corrected chi connectivity index (χ2v) is 5.28. The monoisotopic (exact) mass is 287 g/mol. The normalized spacial score (nSPS) is 11.5. The molecule has 0 aliphatic carbocycles. The zero-order chi connectivity index (χ0) is 15.1. The lowest BCUT2D eigenvalue weighted by atomic mass is 10.0. The summed E-state index contributed by atoms with van der Waals surface area (Å²) in [4.78, 5) is 4.10. The van der Waals surface area contributed by atoms with Crippen molar-refractivity contribution in [2.45, 2.75) is 19.8 Å². The number of imidazole rings is 1. The fourth-order valence-corrected chi connectivity index (χ4v) is 2.41. The highest BCUT2D eigenvalue weighted by molar-refractivity contribution is 5.81. The average Bonchev–Trinajstić information content (AvgIpc) is 2.80. The second-order valence-electron chi connectivity index (χ2n) is 5.28. The van der Waals surface area contributed by atoms with Crippen molar-refractivity contribution in [2.24, 2.45) is 0 Å². The number of hydrogen-bond donors (Lipinski definition) is 1. The SMILES string of the molecule is CC(C)c1cccc(-n2c(N)nc3ccc(F)c(F)c32)c1. The van der Waals surface area contributed by atoms with Crippen LogP contribution in [0.25, 0.3) is 16.7 Å². The molecule has 0 atom stereocenters. The van der Waals surface area contributed by atoms with Crippen LogP contribution in [0.1, 0.15) is 25.3 Å². The summed E-state index contributed by atoms with van der Waals surface area (Å²) in [7, 11) is 0. The largest absolute Gasteiger partial charge is 0.369 e. The number of anilines is 1. The van der Waals surface area contributed by atoms with E-state index in [0.717, 1.165) is 11.6 Å². The summed E-state index contributed by atoms with van der Waals surface area (Å²) in [5, 5.41) is 0. The van der Waals surface area contributed by atoms with Crippen LogP contribution in [-0.4, -0.2) is 9.55 Å². The number of rotatable bonds is 2. The maximum Gasteiger partial charge on any atom is 0.206 e. The van der Waals surface area contributed by atoms with Crippen LogP contribution in [-0.2, 0) is 0 Å². The Morgan fingerprint density at radius 3 is 2.62 bits per heavy atom. The molecule has 0 saturated heterocycles. The van der Waals surface area contributed by atoms with Crippen LogP contribution in [0.4, 0.5) is 14.7 Å². The third-order valence-corrected chi connectivity index (χ3v) is 3.53. The summed E-state index contributed by atoms with van der Waals surface area (Å²) in [5.41, 5.74) is 8.05. The van der Waals surface area contributed by atoms with Gasteiger partial charge in [0.2, 0.25) is 5.95 Å². The second kappa shape index (κ2) is 4.84. The van der Waals surface area contributed by atoms with Gasteiger partial charge in [0.15, 0.2) is 11.6 Å². The first-order valence-electron chi connectivity index (χ1n) is 6.71. The Morgan fingerprint density at radius 1 is 1.14 bits per heavy atom. The van der Waals surface area contributed by atoms with Crippen molar-refractivity contribution in [2.75, 3.05) is 5.73 Å². The Hall–Kier alpha value is -2.43. The van der Waals surface area contributed by atoms with E-state index < -0.39 is 11.6 Å².